The van der Waals surface area contributed by atoms with Crippen LogP contribution in [0.3, 0.4) is 0 Å². The summed E-state index contributed by atoms with van der Waals surface area (Å²) in [4.78, 5) is 4.66. The van der Waals surface area contributed by atoms with Crippen molar-refractivity contribution in [2.24, 2.45) is 5.41 Å². The summed E-state index contributed by atoms with van der Waals surface area (Å²) in [6, 6.07) is 0. The van der Waals surface area contributed by atoms with Crippen molar-refractivity contribution in [2.75, 3.05) is 47.4 Å². The molecular weight excluding hydrogens is 376 g/mol. The highest BCUT2D eigenvalue weighted by molar-refractivity contribution is 5.32. The van der Waals surface area contributed by atoms with Gasteiger partial charge in [0.25, 0.3) is 0 Å². The molecule has 4 rings (SSSR count). The van der Waals surface area contributed by atoms with Gasteiger partial charge in [0.15, 0.2) is 0 Å². The number of likely N-dealkylation sites (N-methyl/N-ethyl adjacent to an activating group) is 2. The molecule has 30 heavy (non-hydrogen) atoms. The number of fused-ring (bicyclic) bond motifs is 1. The molecular formula is C24H42N4O2. The molecule has 0 atom stereocenters. The van der Waals surface area contributed by atoms with E-state index >= 15 is 0 Å². The first-order valence-corrected chi connectivity index (χ1v) is 11.9. The molecule has 6 heteroatoms. The zero-order valence-corrected chi connectivity index (χ0v) is 19.9. The Kier molecular flexibility index (Phi) is 6.59. The average Bonchev–Trinajstić information content (AvgIpc) is 3.07. The Bertz CT molecular complexity index is 707. The molecule has 0 radical (unpaired) electrons. The number of rotatable bonds is 6. The Hall–Kier alpha value is -0.950. The molecule has 0 aromatic carbocycles. The number of aromatic nitrogens is 2. The highest BCUT2D eigenvalue weighted by Crippen LogP contribution is 2.48. The molecule has 1 saturated carbocycles. The molecule has 0 unspecified atom stereocenters. The van der Waals surface area contributed by atoms with Crippen LogP contribution in [0.2, 0.25) is 0 Å². The van der Waals surface area contributed by atoms with Gasteiger partial charge in [-0.05, 0) is 71.0 Å². The highest BCUT2D eigenvalue weighted by Gasteiger charge is 2.43. The van der Waals surface area contributed by atoms with Crippen molar-refractivity contribution in [3.8, 4) is 0 Å². The third-order valence-electron chi connectivity index (χ3n) is 7.54. The standard InChI is InChI=1S/C24H42N4O2/c1-23(2)10-11-24(30-18-23)8-6-19(7-9-24)22-20(16-27(5)13-12-26(3)4)25-28-14-15-29-17-21(22)28/h19H,6-18H2,1-5H3. The highest BCUT2D eigenvalue weighted by atomic mass is 16.5. The monoisotopic (exact) mass is 418 g/mol. The maximum absolute atomic E-state index is 6.49. The van der Waals surface area contributed by atoms with E-state index in [1.165, 1.54) is 55.5 Å². The predicted molar refractivity (Wildman–Crippen MR) is 120 cm³/mol. The van der Waals surface area contributed by atoms with Gasteiger partial charge >= 0.3 is 0 Å². The van der Waals surface area contributed by atoms with Gasteiger partial charge in [-0.25, -0.2) is 0 Å². The molecule has 6 nitrogen and oxygen atoms in total. The van der Waals surface area contributed by atoms with Crippen molar-refractivity contribution in [2.45, 2.75) is 83.6 Å². The predicted octanol–water partition coefficient (Wildman–Crippen LogP) is 3.64. The van der Waals surface area contributed by atoms with E-state index in [1.807, 2.05) is 0 Å². The number of ether oxygens (including phenoxy) is 2. The van der Waals surface area contributed by atoms with Gasteiger partial charge in [0.2, 0.25) is 0 Å². The Balaban J connectivity index is 1.47. The van der Waals surface area contributed by atoms with Gasteiger partial charge in [0.05, 0.1) is 43.4 Å². The Morgan fingerprint density at radius 3 is 2.50 bits per heavy atom. The summed E-state index contributed by atoms with van der Waals surface area (Å²) < 4.78 is 14.6. The van der Waals surface area contributed by atoms with Gasteiger partial charge in [0, 0.05) is 25.2 Å². The van der Waals surface area contributed by atoms with E-state index in [0.29, 0.717) is 11.3 Å². The van der Waals surface area contributed by atoms with Gasteiger partial charge in [-0.15, -0.1) is 0 Å². The van der Waals surface area contributed by atoms with Crippen molar-refractivity contribution >= 4 is 0 Å². The van der Waals surface area contributed by atoms with Crippen molar-refractivity contribution in [3.63, 3.8) is 0 Å². The molecule has 2 aliphatic heterocycles. The van der Waals surface area contributed by atoms with Gasteiger partial charge in [0.1, 0.15) is 0 Å². The molecule has 2 fully saturated rings. The maximum Gasteiger partial charge on any atom is 0.0888 e. The molecule has 1 aromatic heterocycles. The van der Waals surface area contributed by atoms with Crippen LogP contribution in [-0.4, -0.2) is 72.6 Å². The lowest BCUT2D eigenvalue weighted by Crippen LogP contribution is -2.44. The van der Waals surface area contributed by atoms with Crippen molar-refractivity contribution in [1.29, 1.82) is 0 Å². The first kappa shape index (κ1) is 22.3. The molecule has 0 bridgehead atoms. The van der Waals surface area contributed by atoms with Crippen LogP contribution in [0.4, 0.5) is 0 Å². The summed E-state index contributed by atoms with van der Waals surface area (Å²) in [5, 5.41) is 5.07. The number of hydrogen-bond acceptors (Lipinski definition) is 5. The van der Waals surface area contributed by atoms with Gasteiger partial charge < -0.3 is 14.4 Å². The molecule has 1 saturated heterocycles. The van der Waals surface area contributed by atoms with Gasteiger partial charge in [-0.2, -0.15) is 5.10 Å². The van der Waals surface area contributed by atoms with Crippen LogP contribution in [-0.2, 0) is 29.2 Å². The van der Waals surface area contributed by atoms with E-state index < -0.39 is 0 Å². The zero-order chi connectivity index (χ0) is 21.4. The molecule has 170 valence electrons. The van der Waals surface area contributed by atoms with E-state index in [2.05, 4.69) is 49.5 Å². The minimum absolute atomic E-state index is 0.137. The second-order valence-corrected chi connectivity index (χ2v) is 11.0. The van der Waals surface area contributed by atoms with Crippen LogP contribution in [0.5, 0.6) is 0 Å². The van der Waals surface area contributed by atoms with E-state index in [-0.39, 0.29) is 5.60 Å². The second-order valence-electron chi connectivity index (χ2n) is 11.0. The largest absolute Gasteiger partial charge is 0.374 e. The van der Waals surface area contributed by atoms with Crippen LogP contribution in [0.15, 0.2) is 0 Å². The van der Waals surface area contributed by atoms with E-state index in [4.69, 9.17) is 14.6 Å². The minimum Gasteiger partial charge on any atom is -0.374 e. The first-order valence-electron chi connectivity index (χ1n) is 11.9. The normalized spacial score (nSPS) is 29.0. The van der Waals surface area contributed by atoms with Crippen LogP contribution in [0.1, 0.15) is 75.2 Å². The lowest BCUT2D eigenvalue weighted by Gasteiger charge is -2.47. The Morgan fingerprint density at radius 2 is 1.83 bits per heavy atom. The second kappa shape index (κ2) is 8.89. The molecule has 3 heterocycles. The van der Waals surface area contributed by atoms with Crippen LogP contribution >= 0.6 is 0 Å². The smallest absolute Gasteiger partial charge is 0.0888 e. The molecule has 0 N–H and O–H groups in total. The fraction of sp³-hybridized carbons (Fsp3) is 0.875. The lowest BCUT2D eigenvalue weighted by molar-refractivity contribution is -0.142. The van der Waals surface area contributed by atoms with Gasteiger partial charge in [-0.3, -0.25) is 9.58 Å². The lowest BCUT2D eigenvalue weighted by atomic mass is 9.70. The summed E-state index contributed by atoms with van der Waals surface area (Å²) >= 11 is 0. The maximum atomic E-state index is 6.49. The van der Waals surface area contributed by atoms with E-state index in [0.717, 1.165) is 46.0 Å². The summed E-state index contributed by atoms with van der Waals surface area (Å²) in [6.45, 7) is 11.0. The topological polar surface area (TPSA) is 42.8 Å². The summed E-state index contributed by atoms with van der Waals surface area (Å²) in [5.74, 6) is 0.594. The third kappa shape index (κ3) is 4.93. The van der Waals surface area contributed by atoms with Crippen molar-refractivity contribution < 1.29 is 9.47 Å². The van der Waals surface area contributed by atoms with Crippen LogP contribution < -0.4 is 0 Å². The van der Waals surface area contributed by atoms with Crippen LogP contribution in [0, 0.1) is 5.41 Å². The third-order valence-corrected chi connectivity index (χ3v) is 7.54. The first-order chi connectivity index (χ1) is 14.3. The SMILES string of the molecule is CN(C)CCN(C)Cc1nn2c(c1C1CCC3(CC1)CCC(C)(C)CO3)COCC2. The number of nitrogens with zero attached hydrogens (tertiary/aromatic N) is 4. The van der Waals surface area contributed by atoms with E-state index in [1.54, 1.807) is 0 Å². The summed E-state index contributed by atoms with van der Waals surface area (Å²) in [5.41, 5.74) is 4.60. The van der Waals surface area contributed by atoms with Crippen molar-refractivity contribution in [3.05, 3.63) is 17.0 Å². The quantitative estimate of drug-likeness (QED) is 0.706. The molecule has 3 aliphatic rings. The fourth-order valence-electron chi connectivity index (χ4n) is 5.40. The van der Waals surface area contributed by atoms with Crippen molar-refractivity contribution in [1.82, 2.24) is 19.6 Å². The molecule has 0 amide bonds. The fourth-order valence-corrected chi connectivity index (χ4v) is 5.40. The molecule has 1 aliphatic carbocycles. The molecule has 1 aromatic rings. The minimum atomic E-state index is 0.137. The van der Waals surface area contributed by atoms with Gasteiger partial charge in [-0.1, -0.05) is 13.8 Å². The summed E-state index contributed by atoms with van der Waals surface area (Å²) in [7, 11) is 6.49. The van der Waals surface area contributed by atoms with Crippen LogP contribution in [0.25, 0.3) is 0 Å². The zero-order valence-electron chi connectivity index (χ0n) is 19.9. The average molecular weight is 419 g/mol. The Labute approximate surface area is 182 Å². The molecule has 1 spiro atoms. The number of hydrogen-bond donors (Lipinski definition) is 0. The Morgan fingerprint density at radius 1 is 1.07 bits per heavy atom. The summed E-state index contributed by atoms with van der Waals surface area (Å²) in [6.07, 6.45) is 7.32. The van der Waals surface area contributed by atoms with E-state index in [9.17, 15) is 0 Å².